The summed E-state index contributed by atoms with van der Waals surface area (Å²) in [4.78, 5) is 0. The summed E-state index contributed by atoms with van der Waals surface area (Å²) < 4.78 is 0. The van der Waals surface area contributed by atoms with E-state index < -0.39 is 5.66 Å². The molecule has 5 nitrogen and oxygen atoms in total. The van der Waals surface area contributed by atoms with Crippen molar-refractivity contribution in [1.82, 2.24) is 0 Å². The van der Waals surface area contributed by atoms with Crippen LogP contribution in [-0.4, -0.2) is 0 Å². The lowest BCUT2D eigenvalue weighted by atomic mass is 9.98. The van der Waals surface area contributed by atoms with Gasteiger partial charge in [0.15, 0.2) is 0 Å². The van der Waals surface area contributed by atoms with E-state index in [0.717, 1.165) is 22.3 Å². The highest BCUT2D eigenvalue weighted by Crippen LogP contribution is 2.45. The Bertz CT molecular complexity index is 661. The topological polar surface area (TPSA) is 130 Å². The van der Waals surface area contributed by atoms with Gasteiger partial charge in [-0.2, -0.15) is 0 Å². The second kappa shape index (κ2) is 3.16. The van der Waals surface area contributed by atoms with Crippen molar-refractivity contribution in [2.24, 2.45) is 11.5 Å². The van der Waals surface area contributed by atoms with Gasteiger partial charge < -0.3 is 28.7 Å². The van der Waals surface area contributed by atoms with Gasteiger partial charge >= 0.3 is 0 Å². The average Bonchev–Trinajstić information content (AvgIpc) is 2.50. The highest BCUT2D eigenvalue weighted by atomic mass is 15.0. The van der Waals surface area contributed by atoms with Crippen molar-refractivity contribution in [3.05, 3.63) is 41.5 Å². The molecule has 2 aromatic carbocycles. The number of fused-ring (bicyclic) bond motifs is 3. The molecule has 1 aliphatic rings. The van der Waals surface area contributed by atoms with Crippen LogP contribution in [-0.2, 0) is 5.66 Å². The lowest BCUT2D eigenvalue weighted by Crippen LogP contribution is -2.45. The maximum Gasteiger partial charge on any atom is 0.118 e. The van der Waals surface area contributed by atoms with E-state index in [9.17, 15) is 0 Å². The molecule has 92 valence electrons. The minimum atomic E-state index is -1.08. The van der Waals surface area contributed by atoms with E-state index in [1.807, 2.05) is 12.1 Å². The Kier molecular flexibility index (Phi) is 1.91. The Hall–Kier alpha value is -2.24. The van der Waals surface area contributed by atoms with Crippen LogP contribution in [0.15, 0.2) is 30.3 Å². The lowest BCUT2D eigenvalue weighted by Gasteiger charge is -2.22. The Morgan fingerprint density at radius 3 is 2.06 bits per heavy atom. The summed E-state index contributed by atoms with van der Waals surface area (Å²) in [7, 11) is 0. The molecule has 10 N–H and O–H groups in total. The quantitative estimate of drug-likeness (QED) is 0.339. The van der Waals surface area contributed by atoms with Gasteiger partial charge in [0.25, 0.3) is 0 Å². The number of nitrogens with two attached hydrogens (primary N) is 5. The summed E-state index contributed by atoms with van der Waals surface area (Å²) in [5, 5.41) is 0. The van der Waals surface area contributed by atoms with E-state index in [1.165, 1.54) is 0 Å². The first-order valence-electron chi connectivity index (χ1n) is 5.59. The van der Waals surface area contributed by atoms with Crippen molar-refractivity contribution in [2.45, 2.75) is 5.66 Å². The fourth-order valence-electron chi connectivity index (χ4n) is 2.48. The second-order valence-electron chi connectivity index (χ2n) is 4.70. The third-order valence-corrected chi connectivity index (χ3v) is 3.45. The lowest BCUT2D eigenvalue weighted by molar-refractivity contribution is 0.584. The molecule has 0 saturated carbocycles. The first-order valence-corrected chi connectivity index (χ1v) is 5.59. The standard InChI is InChI=1S/C13H15N5/c14-6-1-2-7-8-4-11(15)12(16)5-10(8)13(17,18)9(7)3-6/h1-5H,14-18H2. The molecule has 3 rings (SSSR count). The zero-order valence-electron chi connectivity index (χ0n) is 9.77. The Labute approximate surface area is 105 Å². The summed E-state index contributed by atoms with van der Waals surface area (Å²) in [5.41, 5.74) is 33.9. The predicted molar refractivity (Wildman–Crippen MR) is 74.3 cm³/mol. The van der Waals surface area contributed by atoms with Crippen LogP contribution < -0.4 is 28.7 Å². The van der Waals surface area contributed by atoms with Crippen molar-refractivity contribution >= 4 is 17.1 Å². The fourth-order valence-corrected chi connectivity index (χ4v) is 2.48. The molecule has 0 aliphatic heterocycles. The highest BCUT2D eigenvalue weighted by molar-refractivity contribution is 5.86. The van der Waals surface area contributed by atoms with Gasteiger partial charge in [0.05, 0.1) is 11.4 Å². The van der Waals surface area contributed by atoms with Crippen LogP contribution >= 0.6 is 0 Å². The summed E-state index contributed by atoms with van der Waals surface area (Å²) in [5.74, 6) is 0. The maximum absolute atomic E-state index is 6.21. The second-order valence-corrected chi connectivity index (χ2v) is 4.70. The molecular weight excluding hydrogens is 226 g/mol. The molecule has 0 heterocycles. The van der Waals surface area contributed by atoms with E-state index in [1.54, 1.807) is 18.2 Å². The molecule has 0 saturated heterocycles. The molecule has 0 aromatic heterocycles. The number of nitrogen functional groups attached to an aromatic ring is 3. The summed E-state index contributed by atoms with van der Waals surface area (Å²) >= 11 is 0. The van der Waals surface area contributed by atoms with Crippen LogP contribution in [0.4, 0.5) is 17.1 Å². The number of benzene rings is 2. The van der Waals surface area contributed by atoms with Crippen LogP contribution in [0.5, 0.6) is 0 Å². The monoisotopic (exact) mass is 241 g/mol. The van der Waals surface area contributed by atoms with Crippen LogP contribution in [0.25, 0.3) is 11.1 Å². The Morgan fingerprint density at radius 1 is 0.722 bits per heavy atom. The van der Waals surface area contributed by atoms with Crippen LogP contribution in [0, 0.1) is 0 Å². The molecular formula is C13H15N5. The van der Waals surface area contributed by atoms with Gasteiger partial charge in [-0.15, -0.1) is 0 Å². The van der Waals surface area contributed by atoms with Crippen molar-refractivity contribution < 1.29 is 0 Å². The normalized spacial score (nSPS) is 15.2. The molecule has 0 radical (unpaired) electrons. The minimum absolute atomic E-state index is 0.481. The largest absolute Gasteiger partial charge is 0.399 e. The third-order valence-electron chi connectivity index (χ3n) is 3.45. The Morgan fingerprint density at radius 2 is 1.33 bits per heavy atom. The molecule has 0 atom stereocenters. The van der Waals surface area contributed by atoms with Crippen LogP contribution in [0.2, 0.25) is 0 Å². The molecule has 0 fully saturated rings. The molecule has 1 aliphatic carbocycles. The third kappa shape index (κ3) is 1.23. The highest BCUT2D eigenvalue weighted by Gasteiger charge is 2.37. The molecule has 18 heavy (non-hydrogen) atoms. The van der Waals surface area contributed by atoms with Crippen molar-refractivity contribution in [1.29, 1.82) is 0 Å². The maximum atomic E-state index is 6.21. The van der Waals surface area contributed by atoms with Crippen molar-refractivity contribution in [3.63, 3.8) is 0 Å². The van der Waals surface area contributed by atoms with Gasteiger partial charge in [-0.05, 0) is 35.4 Å². The molecule has 5 heteroatoms. The van der Waals surface area contributed by atoms with Gasteiger partial charge in [0, 0.05) is 16.8 Å². The number of rotatable bonds is 0. The summed E-state index contributed by atoms with van der Waals surface area (Å²) in [6.07, 6.45) is 0. The molecule has 0 unspecified atom stereocenters. The average molecular weight is 241 g/mol. The van der Waals surface area contributed by atoms with Crippen LogP contribution in [0.1, 0.15) is 11.1 Å². The summed E-state index contributed by atoms with van der Waals surface area (Å²) in [6, 6.07) is 9.06. The van der Waals surface area contributed by atoms with Gasteiger partial charge in [0.1, 0.15) is 5.66 Å². The van der Waals surface area contributed by atoms with E-state index in [0.29, 0.717) is 17.1 Å². The Balaban J connectivity index is 2.39. The summed E-state index contributed by atoms with van der Waals surface area (Å²) in [6.45, 7) is 0. The molecule has 0 amide bonds. The first-order chi connectivity index (χ1) is 8.41. The van der Waals surface area contributed by atoms with E-state index in [4.69, 9.17) is 28.7 Å². The van der Waals surface area contributed by atoms with Gasteiger partial charge in [0.2, 0.25) is 0 Å². The van der Waals surface area contributed by atoms with Crippen molar-refractivity contribution in [3.8, 4) is 11.1 Å². The molecule has 0 spiro atoms. The predicted octanol–water partition coefficient (Wildman–Crippen LogP) is 0.532. The SMILES string of the molecule is Nc1ccc2c(c1)C(N)(N)c1cc(N)c(N)cc1-2. The number of hydrogen-bond acceptors (Lipinski definition) is 5. The van der Waals surface area contributed by atoms with Crippen molar-refractivity contribution in [2.75, 3.05) is 17.2 Å². The minimum Gasteiger partial charge on any atom is -0.399 e. The van der Waals surface area contributed by atoms with E-state index in [-0.39, 0.29) is 0 Å². The zero-order chi connectivity index (χ0) is 13.1. The molecule has 0 bridgehead atoms. The fraction of sp³-hybridized carbons (Fsp3) is 0.0769. The number of hydrogen-bond donors (Lipinski definition) is 5. The van der Waals surface area contributed by atoms with E-state index >= 15 is 0 Å². The molecule has 2 aromatic rings. The van der Waals surface area contributed by atoms with Crippen LogP contribution in [0.3, 0.4) is 0 Å². The van der Waals surface area contributed by atoms with E-state index in [2.05, 4.69) is 0 Å². The first kappa shape index (κ1) is 10.9. The van der Waals surface area contributed by atoms with Gasteiger partial charge in [-0.1, -0.05) is 6.07 Å². The van der Waals surface area contributed by atoms with Gasteiger partial charge in [-0.3, -0.25) is 0 Å². The smallest absolute Gasteiger partial charge is 0.118 e. The number of anilines is 3. The van der Waals surface area contributed by atoms with Gasteiger partial charge in [-0.25, -0.2) is 0 Å². The zero-order valence-corrected chi connectivity index (χ0v) is 9.77.